The van der Waals surface area contributed by atoms with Gasteiger partial charge in [-0.25, -0.2) is 0 Å². The number of hydrogen-bond donors (Lipinski definition) is 0. The summed E-state index contributed by atoms with van der Waals surface area (Å²) in [5.74, 6) is 0.349. The summed E-state index contributed by atoms with van der Waals surface area (Å²) in [6.07, 6.45) is 5.04. The highest BCUT2D eigenvalue weighted by atomic mass is 16.5. The van der Waals surface area contributed by atoms with Crippen molar-refractivity contribution >= 4 is 5.91 Å². The zero-order valence-corrected chi connectivity index (χ0v) is 12.2. The van der Waals surface area contributed by atoms with Crippen LogP contribution in [0.2, 0.25) is 0 Å². The molecule has 2 aromatic heterocycles. The van der Waals surface area contributed by atoms with Gasteiger partial charge in [-0.05, 0) is 18.2 Å². The number of carbonyl (C=O) groups excluding carboxylic acids is 1. The van der Waals surface area contributed by atoms with Crippen molar-refractivity contribution < 1.29 is 18.4 Å². The van der Waals surface area contributed by atoms with Gasteiger partial charge in [-0.2, -0.15) is 0 Å². The summed E-state index contributed by atoms with van der Waals surface area (Å²) in [4.78, 5) is 16.8. The molecule has 22 heavy (non-hydrogen) atoms. The first-order valence-electron chi connectivity index (χ1n) is 7.51. The van der Waals surface area contributed by atoms with E-state index >= 15 is 0 Å². The van der Waals surface area contributed by atoms with E-state index in [1.807, 2.05) is 11.0 Å². The van der Waals surface area contributed by atoms with Gasteiger partial charge >= 0.3 is 0 Å². The highest BCUT2D eigenvalue weighted by Crippen LogP contribution is 2.25. The summed E-state index contributed by atoms with van der Waals surface area (Å²) >= 11 is 0. The average Bonchev–Trinajstić information content (AvgIpc) is 3.27. The first-order chi connectivity index (χ1) is 10.8. The molecule has 1 amide bonds. The number of likely N-dealkylation sites (tertiary alicyclic amines) is 1. The highest BCUT2D eigenvalue weighted by molar-refractivity contribution is 5.91. The molecule has 0 unspecified atom stereocenters. The molecule has 4 heterocycles. The number of carbonyl (C=O) groups is 1. The molecule has 2 atom stereocenters. The lowest BCUT2D eigenvalue weighted by atomic mass is 10.1. The van der Waals surface area contributed by atoms with Crippen molar-refractivity contribution in [2.45, 2.75) is 18.7 Å². The fourth-order valence-electron chi connectivity index (χ4n) is 3.33. The first kappa shape index (κ1) is 13.6. The standard InChI is InChI=1S/C16H18N2O4/c19-16(14-2-1-5-21-14)18-4-7-22-15-10-17(9-13(15)18)8-12-3-6-20-11-12/h1-3,5-6,11,13,15H,4,7-10H2/t13-,15+/m1/s1. The minimum absolute atomic E-state index is 0.0477. The molecule has 6 nitrogen and oxygen atoms in total. The largest absolute Gasteiger partial charge is 0.472 e. The lowest BCUT2D eigenvalue weighted by Gasteiger charge is -2.36. The molecule has 6 heteroatoms. The van der Waals surface area contributed by atoms with Crippen LogP contribution in [-0.2, 0) is 11.3 Å². The van der Waals surface area contributed by atoms with Crippen LogP contribution in [0.1, 0.15) is 16.1 Å². The summed E-state index contributed by atoms with van der Waals surface area (Å²) < 4.78 is 16.2. The van der Waals surface area contributed by atoms with E-state index in [9.17, 15) is 4.79 Å². The lowest BCUT2D eigenvalue weighted by Crippen LogP contribution is -2.53. The fraction of sp³-hybridized carbons (Fsp3) is 0.438. The molecule has 0 bridgehead atoms. The Bertz CT molecular complexity index is 623. The SMILES string of the molecule is O=C(c1ccco1)N1CCO[C@H]2CN(Cc3ccoc3)C[C@H]21. The zero-order valence-electron chi connectivity index (χ0n) is 12.2. The van der Waals surface area contributed by atoms with Crippen LogP contribution in [0.4, 0.5) is 0 Å². The number of nitrogens with zero attached hydrogens (tertiary/aromatic N) is 2. The van der Waals surface area contributed by atoms with Crippen molar-refractivity contribution in [1.82, 2.24) is 9.80 Å². The Morgan fingerprint density at radius 2 is 2.23 bits per heavy atom. The fourth-order valence-corrected chi connectivity index (χ4v) is 3.33. The third-order valence-corrected chi connectivity index (χ3v) is 4.36. The number of furan rings is 2. The van der Waals surface area contributed by atoms with Crippen LogP contribution < -0.4 is 0 Å². The molecule has 2 saturated heterocycles. The smallest absolute Gasteiger partial charge is 0.290 e. The maximum Gasteiger partial charge on any atom is 0.290 e. The van der Waals surface area contributed by atoms with Crippen LogP contribution >= 0.6 is 0 Å². The lowest BCUT2D eigenvalue weighted by molar-refractivity contribution is -0.0380. The Hall–Kier alpha value is -2.05. The molecule has 0 aliphatic carbocycles. The van der Waals surface area contributed by atoms with E-state index in [0.717, 1.165) is 25.2 Å². The molecule has 2 aliphatic rings. The van der Waals surface area contributed by atoms with Crippen molar-refractivity contribution in [2.24, 2.45) is 0 Å². The zero-order chi connectivity index (χ0) is 14.9. The predicted molar refractivity (Wildman–Crippen MR) is 77.3 cm³/mol. The third-order valence-electron chi connectivity index (χ3n) is 4.36. The first-order valence-corrected chi connectivity index (χ1v) is 7.51. The van der Waals surface area contributed by atoms with E-state index in [1.54, 1.807) is 24.7 Å². The molecule has 2 aliphatic heterocycles. The summed E-state index contributed by atoms with van der Waals surface area (Å²) in [5, 5.41) is 0. The molecule has 0 N–H and O–H groups in total. The van der Waals surface area contributed by atoms with E-state index in [4.69, 9.17) is 13.6 Å². The summed E-state index contributed by atoms with van der Waals surface area (Å²) in [7, 11) is 0. The average molecular weight is 302 g/mol. The summed E-state index contributed by atoms with van der Waals surface area (Å²) in [6, 6.07) is 5.50. The third kappa shape index (κ3) is 2.44. The van der Waals surface area contributed by atoms with Gasteiger partial charge in [0.15, 0.2) is 5.76 Å². The van der Waals surface area contributed by atoms with Gasteiger partial charge in [-0.15, -0.1) is 0 Å². The van der Waals surface area contributed by atoms with Crippen LogP contribution in [0.3, 0.4) is 0 Å². The topological polar surface area (TPSA) is 59.1 Å². The van der Waals surface area contributed by atoms with Gasteiger partial charge in [-0.1, -0.05) is 0 Å². The van der Waals surface area contributed by atoms with Gasteiger partial charge in [0.1, 0.15) is 0 Å². The molecule has 2 aromatic rings. The van der Waals surface area contributed by atoms with Crippen molar-refractivity contribution in [1.29, 1.82) is 0 Å². The Balaban J connectivity index is 1.48. The van der Waals surface area contributed by atoms with Crippen LogP contribution in [-0.4, -0.2) is 54.1 Å². The molecule has 4 rings (SSSR count). The molecule has 116 valence electrons. The van der Waals surface area contributed by atoms with Gasteiger partial charge in [0.2, 0.25) is 0 Å². The molecular formula is C16H18N2O4. The number of hydrogen-bond acceptors (Lipinski definition) is 5. The summed E-state index contributed by atoms with van der Waals surface area (Å²) in [6.45, 7) is 3.64. The van der Waals surface area contributed by atoms with E-state index in [0.29, 0.717) is 18.9 Å². The van der Waals surface area contributed by atoms with Gasteiger partial charge in [0.05, 0.1) is 37.5 Å². The van der Waals surface area contributed by atoms with Gasteiger partial charge < -0.3 is 18.5 Å². The van der Waals surface area contributed by atoms with Crippen molar-refractivity contribution in [3.8, 4) is 0 Å². The predicted octanol–water partition coefficient (Wildman–Crippen LogP) is 1.60. The monoisotopic (exact) mass is 302 g/mol. The molecule has 2 fully saturated rings. The second kappa shape index (κ2) is 5.62. The number of amides is 1. The maximum absolute atomic E-state index is 12.6. The number of morpholine rings is 1. The Morgan fingerprint density at radius 1 is 1.27 bits per heavy atom. The molecule has 0 aromatic carbocycles. The summed E-state index contributed by atoms with van der Waals surface area (Å²) in [5.41, 5.74) is 1.14. The highest BCUT2D eigenvalue weighted by Gasteiger charge is 2.42. The Labute approximate surface area is 128 Å². The molecule has 0 radical (unpaired) electrons. The minimum Gasteiger partial charge on any atom is -0.472 e. The van der Waals surface area contributed by atoms with Crippen molar-refractivity contribution in [3.05, 3.63) is 48.3 Å². The molecule has 0 saturated carbocycles. The quantitative estimate of drug-likeness (QED) is 0.862. The maximum atomic E-state index is 12.6. The second-order valence-electron chi connectivity index (χ2n) is 5.78. The van der Waals surface area contributed by atoms with E-state index < -0.39 is 0 Å². The minimum atomic E-state index is -0.0477. The number of ether oxygens (including phenoxy) is 1. The van der Waals surface area contributed by atoms with Gasteiger partial charge in [0.25, 0.3) is 5.91 Å². The number of rotatable bonds is 3. The Morgan fingerprint density at radius 3 is 3.00 bits per heavy atom. The van der Waals surface area contributed by atoms with Gasteiger partial charge in [0, 0.05) is 31.7 Å². The number of fused-ring (bicyclic) bond motifs is 1. The van der Waals surface area contributed by atoms with Crippen LogP contribution in [0.5, 0.6) is 0 Å². The van der Waals surface area contributed by atoms with Crippen LogP contribution in [0, 0.1) is 0 Å². The second-order valence-corrected chi connectivity index (χ2v) is 5.78. The van der Waals surface area contributed by atoms with Crippen LogP contribution in [0.15, 0.2) is 45.8 Å². The van der Waals surface area contributed by atoms with E-state index in [1.165, 1.54) is 6.26 Å². The van der Waals surface area contributed by atoms with E-state index in [-0.39, 0.29) is 18.1 Å². The Kier molecular flexibility index (Phi) is 3.48. The molecule has 0 spiro atoms. The van der Waals surface area contributed by atoms with Crippen molar-refractivity contribution in [2.75, 3.05) is 26.2 Å². The van der Waals surface area contributed by atoms with Gasteiger partial charge in [-0.3, -0.25) is 9.69 Å². The molecular weight excluding hydrogens is 284 g/mol. The van der Waals surface area contributed by atoms with Crippen LogP contribution in [0.25, 0.3) is 0 Å². The van der Waals surface area contributed by atoms with E-state index in [2.05, 4.69) is 4.90 Å². The normalized spacial score (nSPS) is 25.4. The van der Waals surface area contributed by atoms with Crippen molar-refractivity contribution in [3.63, 3.8) is 0 Å².